The molecule has 6 heteroatoms. The Morgan fingerprint density at radius 2 is 2.22 bits per heavy atom. The standard InChI is InChI=1S/C12H13N3O3/c1-8-14-11(15-18-8)7-17-10-6-4-3-5-9(10)12(16)13-2/h3-6H,7H2,1-2H3,(H,13,16). The fraction of sp³-hybridized carbons (Fsp3) is 0.250. The Morgan fingerprint density at radius 3 is 2.89 bits per heavy atom. The Hall–Kier alpha value is -2.37. The monoisotopic (exact) mass is 247 g/mol. The van der Waals surface area contributed by atoms with Gasteiger partial charge >= 0.3 is 0 Å². The lowest BCUT2D eigenvalue weighted by Crippen LogP contribution is -2.18. The van der Waals surface area contributed by atoms with E-state index >= 15 is 0 Å². The Bertz CT molecular complexity index is 551. The summed E-state index contributed by atoms with van der Waals surface area (Å²) < 4.78 is 10.3. The first-order valence-corrected chi connectivity index (χ1v) is 5.44. The second-order valence-electron chi connectivity index (χ2n) is 3.59. The molecule has 0 saturated heterocycles. The first-order valence-electron chi connectivity index (χ1n) is 5.44. The average Bonchev–Trinajstić information content (AvgIpc) is 2.81. The molecule has 2 aromatic rings. The predicted molar refractivity (Wildman–Crippen MR) is 63.2 cm³/mol. The van der Waals surface area contributed by atoms with E-state index in [-0.39, 0.29) is 12.5 Å². The summed E-state index contributed by atoms with van der Waals surface area (Å²) in [5.41, 5.74) is 0.472. The number of nitrogens with one attached hydrogen (secondary N) is 1. The van der Waals surface area contributed by atoms with E-state index in [1.165, 1.54) is 0 Å². The Labute approximate surface area is 104 Å². The third-order valence-electron chi connectivity index (χ3n) is 2.29. The molecule has 0 spiro atoms. The van der Waals surface area contributed by atoms with Crippen LogP contribution in [-0.2, 0) is 6.61 Å². The van der Waals surface area contributed by atoms with E-state index in [1.54, 1.807) is 38.2 Å². The molecule has 0 bridgehead atoms. The molecule has 0 aliphatic rings. The van der Waals surface area contributed by atoms with Gasteiger partial charge in [0.15, 0.2) is 6.61 Å². The normalized spacial score (nSPS) is 10.1. The van der Waals surface area contributed by atoms with E-state index in [0.717, 1.165) is 0 Å². The fourth-order valence-corrected chi connectivity index (χ4v) is 1.46. The van der Waals surface area contributed by atoms with Crippen molar-refractivity contribution in [3.05, 3.63) is 41.5 Å². The van der Waals surface area contributed by atoms with Crippen LogP contribution in [0, 0.1) is 6.92 Å². The van der Waals surface area contributed by atoms with Crippen LogP contribution in [0.4, 0.5) is 0 Å². The van der Waals surface area contributed by atoms with Gasteiger partial charge in [-0.3, -0.25) is 4.79 Å². The van der Waals surface area contributed by atoms with Crippen molar-refractivity contribution in [3.63, 3.8) is 0 Å². The zero-order valence-electron chi connectivity index (χ0n) is 10.1. The molecule has 0 aliphatic carbocycles. The van der Waals surface area contributed by atoms with Gasteiger partial charge in [0.2, 0.25) is 11.7 Å². The van der Waals surface area contributed by atoms with Crippen molar-refractivity contribution in [2.45, 2.75) is 13.5 Å². The number of aryl methyl sites for hydroxylation is 1. The highest BCUT2D eigenvalue weighted by Crippen LogP contribution is 2.18. The molecule has 6 nitrogen and oxygen atoms in total. The predicted octanol–water partition coefficient (Wildman–Crippen LogP) is 1.32. The molecule has 2 rings (SSSR count). The molecule has 0 atom stereocenters. The average molecular weight is 247 g/mol. The number of amides is 1. The van der Waals surface area contributed by atoms with Gasteiger partial charge in [-0.05, 0) is 12.1 Å². The van der Waals surface area contributed by atoms with Crippen molar-refractivity contribution < 1.29 is 14.1 Å². The maximum atomic E-state index is 11.6. The van der Waals surface area contributed by atoms with Crippen molar-refractivity contribution in [1.82, 2.24) is 15.5 Å². The van der Waals surface area contributed by atoms with Gasteiger partial charge in [-0.15, -0.1) is 0 Å². The molecule has 1 aromatic heterocycles. The second-order valence-corrected chi connectivity index (χ2v) is 3.59. The van der Waals surface area contributed by atoms with Crippen molar-refractivity contribution in [1.29, 1.82) is 0 Å². The van der Waals surface area contributed by atoms with E-state index in [1.807, 2.05) is 0 Å². The number of ether oxygens (including phenoxy) is 1. The Balaban J connectivity index is 2.11. The van der Waals surface area contributed by atoms with Crippen molar-refractivity contribution in [3.8, 4) is 5.75 Å². The third kappa shape index (κ3) is 2.65. The molecule has 0 unspecified atom stereocenters. The fourth-order valence-electron chi connectivity index (χ4n) is 1.46. The van der Waals surface area contributed by atoms with E-state index in [4.69, 9.17) is 9.26 Å². The van der Waals surface area contributed by atoms with Crippen LogP contribution in [0.2, 0.25) is 0 Å². The first-order chi connectivity index (χ1) is 8.70. The van der Waals surface area contributed by atoms with Crippen LogP contribution in [0.1, 0.15) is 22.1 Å². The van der Waals surface area contributed by atoms with Gasteiger partial charge in [0.1, 0.15) is 5.75 Å². The van der Waals surface area contributed by atoms with E-state index in [2.05, 4.69) is 15.5 Å². The summed E-state index contributed by atoms with van der Waals surface area (Å²) in [6.45, 7) is 1.86. The number of hydrogen-bond donors (Lipinski definition) is 1. The van der Waals surface area contributed by atoms with Crippen LogP contribution in [0.5, 0.6) is 5.75 Å². The number of benzene rings is 1. The summed E-state index contributed by atoms with van der Waals surface area (Å²) in [6, 6.07) is 6.98. The Kier molecular flexibility index (Phi) is 3.57. The van der Waals surface area contributed by atoms with Gasteiger partial charge < -0.3 is 14.6 Å². The number of nitrogens with zero attached hydrogens (tertiary/aromatic N) is 2. The lowest BCUT2D eigenvalue weighted by Gasteiger charge is -2.08. The molecule has 0 radical (unpaired) electrons. The molecular weight excluding hydrogens is 234 g/mol. The summed E-state index contributed by atoms with van der Waals surface area (Å²) in [5.74, 6) is 1.21. The molecule has 94 valence electrons. The van der Waals surface area contributed by atoms with Crippen LogP contribution in [-0.4, -0.2) is 23.1 Å². The smallest absolute Gasteiger partial charge is 0.254 e. The SMILES string of the molecule is CNC(=O)c1ccccc1OCc1noc(C)n1. The number of carbonyl (C=O) groups is 1. The summed E-state index contributed by atoms with van der Waals surface area (Å²) in [6.07, 6.45) is 0. The lowest BCUT2D eigenvalue weighted by atomic mass is 10.2. The number of hydrogen-bond acceptors (Lipinski definition) is 5. The quantitative estimate of drug-likeness (QED) is 0.881. The first kappa shape index (κ1) is 12.1. The van der Waals surface area contributed by atoms with Crippen molar-refractivity contribution >= 4 is 5.91 Å². The van der Waals surface area contributed by atoms with Crippen LogP contribution in [0.15, 0.2) is 28.8 Å². The van der Waals surface area contributed by atoms with E-state index in [9.17, 15) is 4.79 Å². The van der Waals surface area contributed by atoms with Crippen molar-refractivity contribution in [2.75, 3.05) is 7.05 Å². The van der Waals surface area contributed by atoms with Gasteiger partial charge in [-0.1, -0.05) is 17.3 Å². The summed E-state index contributed by atoms with van der Waals surface area (Å²) in [7, 11) is 1.57. The molecule has 0 saturated carbocycles. The van der Waals surface area contributed by atoms with Crippen LogP contribution >= 0.6 is 0 Å². The highest BCUT2D eigenvalue weighted by atomic mass is 16.5. The highest BCUT2D eigenvalue weighted by Gasteiger charge is 2.11. The van der Waals surface area contributed by atoms with Gasteiger partial charge in [-0.2, -0.15) is 4.98 Å². The van der Waals surface area contributed by atoms with Crippen LogP contribution in [0.25, 0.3) is 0 Å². The highest BCUT2D eigenvalue weighted by molar-refractivity contribution is 5.96. The lowest BCUT2D eigenvalue weighted by molar-refractivity contribution is 0.0958. The minimum Gasteiger partial charge on any atom is -0.485 e. The molecule has 1 N–H and O–H groups in total. The molecule has 0 fully saturated rings. The molecule has 1 amide bonds. The summed E-state index contributed by atoms with van der Waals surface area (Å²) in [5, 5.41) is 6.27. The molecule has 1 heterocycles. The van der Waals surface area contributed by atoms with Gasteiger partial charge in [-0.25, -0.2) is 0 Å². The van der Waals surface area contributed by atoms with Gasteiger partial charge in [0.05, 0.1) is 5.56 Å². The van der Waals surface area contributed by atoms with Gasteiger partial charge in [0.25, 0.3) is 5.91 Å². The molecule has 18 heavy (non-hydrogen) atoms. The zero-order valence-corrected chi connectivity index (χ0v) is 10.1. The maximum Gasteiger partial charge on any atom is 0.254 e. The summed E-state index contributed by atoms with van der Waals surface area (Å²) >= 11 is 0. The minimum absolute atomic E-state index is 0.158. The second kappa shape index (κ2) is 5.31. The number of para-hydroxylation sites is 1. The molecular formula is C12H13N3O3. The van der Waals surface area contributed by atoms with E-state index < -0.39 is 0 Å². The van der Waals surface area contributed by atoms with Crippen molar-refractivity contribution in [2.24, 2.45) is 0 Å². The Morgan fingerprint density at radius 1 is 1.44 bits per heavy atom. The van der Waals surface area contributed by atoms with Crippen LogP contribution < -0.4 is 10.1 Å². The minimum atomic E-state index is -0.199. The third-order valence-corrected chi connectivity index (χ3v) is 2.29. The number of aromatic nitrogens is 2. The number of carbonyl (C=O) groups excluding carboxylic acids is 1. The maximum absolute atomic E-state index is 11.6. The van der Waals surface area contributed by atoms with Gasteiger partial charge in [0, 0.05) is 14.0 Å². The topological polar surface area (TPSA) is 77.2 Å². The zero-order chi connectivity index (χ0) is 13.0. The molecule has 1 aromatic carbocycles. The van der Waals surface area contributed by atoms with E-state index in [0.29, 0.717) is 23.0 Å². The summed E-state index contributed by atoms with van der Waals surface area (Å²) in [4.78, 5) is 15.6. The largest absolute Gasteiger partial charge is 0.485 e. The number of rotatable bonds is 4. The van der Waals surface area contributed by atoms with Crippen LogP contribution in [0.3, 0.4) is 0 Å². The molecule has 0 aliphatic heterocycles.